The van der Waals surface area contributed by atoms with Gasteiger partial charge >= 0.3 is 0 Å². The van der Waals surface area contributed by atoms with Gasteiger partial charge in [0.1, 0.15) is 0 Å². The number of thioether (sulfide) groups is 1. The van der Waals surface area contributed by atoms with Crippen LogP contribution in [0.5, 0.6) is 0 Å². The Morgan fingerprint density at radius 3 is 2.80 bits per heavy atom. The van der Waals surface area contributed by atoms with E-state index in [9.17, 15) is 0 Å². The van der Waals surface area contributed by atoms with Gasteiger partial charge in [-0.25, -0.2) is 0 Å². The molecule has 1 N–H and O–H groups in total. The first-order valence-electron chi connectivity index (χ1n) is 6.07. The number of piperazine rings is 1. The topological polar surface area (TPSA) is 15.3 Å². The molecule has 0 amide bonds. The van der Waals surface area contributed by atoms with Crippen LogP contribution in [0.3, 0.4) is 0 Å². The molecular weight excluding hydrogens is 204 g/mol. The second-order valence-electron chi connectivity index (χ2n) is 5.14. The second kappa shape index (κ2) is 6.12. The monoisotopic (exact) mass is 230 g/mol. The van der Waals surface area contributed by atoms with Crippen LogP contribution in [0, 0.1) is 0 Å². The summed E-state index contributed by atoms with van der Waals surface area (Å²) in [4.78, 5) is 2.67. The van der Waals surface area contributed by atoms with Gasteiger partial charge in [-0.3, -0.25) is 4.90 Å². The highest BCUT2D eigenvalue weighted by Crippen LogP contribution is 2.17. The van der Waals surface area contributed by atoms with E-state index in [4.69, 9.17) is 0 Å². The number of nitrogens with one attached hydrogen (secondary N) is 1. The van der Waals surface area contributed by atoms with E-state index in [1.165, 1.54) is 31.7 Å². The van der Waals surface area contributed by atoms with Gasteiger partial charge in [0.2, 0.25) is 0 Å². The average Bonchev–Trinajstić information content (AvgIpc) is 2.17. The molecule has 15 heavy (non-hydrogen) atoms. The van der Waals surface area contributed by atoms with E-state index in [2.05, 4.69) is 37.2 Å². The molecule has 0 saturated carbocycles. The first-order valence-corrected chi connectivity index (χ1v) is 7.46. The molecule has 1 saturated heterocycles. The molecule has 0 radical (unpaired) electrons. The minimum Gasteiger partial charge on any atom is -0.309 e. The molecule has 0 aliphatic carbocycles. The third-order valence-corrected chi connectivity index (χ3v) is 3.89. The van der Waals surface area contributed by atoms with Crippen molar-refractivity contribution in [1.82, 2.24) is 10.2 Å². The van der Waals surface area contributed by atoms with Gasteiger partial charge < -0.3 is 5.32 Å². The molecule has 1 atom stereocenters. The fourth-order valence-electron chi connectivity index (χ4n) is 2.29. The average molecular weight is 230 g/mol. The Morgan fingerprint density at radius 2 is 2.20 bits per heavy atom. The quantitative estimate of drug-likeness (QED) is 0.729. The summed E-state index contributed by atoms with van der Waals surface area (Å²) in [6.45, 7) is 10.5. The van der Waals surface area contributed by atoms with Crippen molar-refractivity contribution in [3.05, 3.63) is 0 Å². The van der Waals surface area contributed by atoms with Crippen LogP contribution in [0.2, 0.25) is 0 Å². The van der Waals surface area contributed by atoms with Gasteiger partial charge in [-0.2, -0.15) is 11.8 Å². The van der Waals surface area contributed by atoms with E-state index < -0.39 is 0 Å². The van der Waals surface area contributed by atoms with Crippen molar-refractivity contribution in [3.8, 4) is 0 Å². The fraction of sp³-hybridized carbons (Fsp3) is 1.00. The lowest BCUT2D eigenvalue weighted by Gasteiger charge is -2.44. The molecule has 0 aromatic rings. The third-order valence-electron chi connectivity index (χ3n) is 3.20. The summed E-state index contributed by atoms with van der Waals surface area (Å²) in [7, 11) is 0. The van der Waals surface area contributed by atoms with E-state index in [1.807, 2.05) is 11.8 Å². The van der Waals surface area contributed by atoms with Crippen LogP contribution in [-0.4, -0.2) is 48.1 Å². The van der Waals surface area contributed by atoms with Crippen LogP contribution in [0.15, 0.2) is 0 Å². The van der Waals surface area contributed by atoms with Gasteiger partial charge in [-0.05, 0) is 45.2 Å². The standard InChI is InChI=1S/C12H26N2S/c1-5-11-9-13-12(2,3)10-14(11)7-6-8-15-4/h11,13H,5-10H2,1-4H3. The molecule has 1 unspecified atom stereocenters. The van der Waals surface area contributed by atoms with Crippen LogP contribution in [0.1, 0.15) is 33.6 Å². The summed E-state index contributed by atoms with van der Waals surface area (Å²) in [5, 5.41) is 3.63. The molecule has 0 aromatic heterocycles. The highest BCUT2D eigenvalue weighted by Gasteiger charge is 2.30. The lowest BCUT2D eigenvalue weighted by atomic mass is 9.97. The Hall–Kier alpha value is 0.270. The summed E-state index contributed by atoms with van der Waals surface area (Å²) in [5.41, 5.74) is 0.297. The van der Waals surface area contributed by atoms with Crippen molar-refractivity contribution in [2.24, 2.45) is 0 Å². The normalized spacial score (nSPS) is 26.8. The third kappa shape index (κ3) is 4.33. The summed E-state index contributed by atoms with van der Waals surface area (Å²) in [6.07, 6.45) is 4.79. The Labute approximate surface area is 99.2 Å². The van der Waals surface area contributed by atoms with Crippen molar-refractivity contribution in [3.63, 3.8) is 0 Å². The van der Waals surface area contributed by atoms with E-state index >= 15 is 0 Å². The molecule has 2 nitrogen and oxygen atoms in total. The number of nitrogens with zero attached hydrogens (tertiary/aromatic N) is 1. The summed E-state index contributed by atoms with van der Waals surface area (Å²) in [6, 6.07) is 0.750. The van der Waals surface area contributed by atoms with E-state index in [1.54, 1.807) is 0 Å². The molecular formula is C12H26N2S. The highest BCUT2D eigenvalue weighted by atomic mass is 32.2. The molecule has 1 heterocycles. The molecule has 0 bridgehead atoms. The molecule has 90 valence electrons. The van der Waals surface area contributed by atoms with Gasteiger partial charge in [0.05, 0.1) is 0 Å². The van der Waals surface area contributed by atoms with Gasteiger partial charge in [-0.1, -0.05) is 6.92 Å². The summed E-state index contributed by atoms with van der Waals surface area (Å²) < 4.78 is 0. The lowest BCUT2D eigenvalue weighted by molar-refractivity contribution is 0.0932. The van der Waals surface area contributed by atoms with Crippen LogP contribution < -0.4 is 5.32 Å². The van der Waals surface area contributed by atoms with Gasteiger partial charge in [0.25, 0.3) is 0 Å². The Kier molecular flexibility index (Phi) is 5.44. The number of rotatable bonds is 5. The minimum atomic E-state index is 0.297. The van der Waals surface area contributed by atoms with E-state index in [-0.39, 0.29) is 0 Å². The first kappa shape index (κ1) is 13.3. The molecule has 0 spiro atoms. The minimum absolute atomic E-state index is 0.297. The number of hydrogen-bond acceptors (Lipinski definition) is 3. The molecule has 0 aromatic carbocycles. The van der Waals surface area contributed by atoms with Gasteiger partial charge in [0, 0.05) is 24.7 Å². The predicted molar refractivity (Wildman–Crippen MR) is 70.7 cm³/mol. The maximum absolute atomic E-state index is 3.63. The van der Waals surface area contributed by atoms with Crippen molar-refractivity contribution in [2.75, 3.05) is 31.6 Å². The van der Waals surface area contributed by atoms with Crippen molar-refractivity contribution < 1.29 is 0 Å². The SMILES string of the molecule is CCC1CNC(C)(C)CN1CCCSC. The summed E-state index contributed by atoms with van der Waals surface area (Å²) in [5.74, 6) is 1.29. The predicted octanol–water partition coefficient (Wildman–Crippen LogP) is 2.20. The maximum Gasteiger partial charge on any atom is 0.0252 e. The van der Waals surface area contributed by atoms with Gasteiger partial charge in [0.15, 0.2) is 0 Å². The largest absolute Gasteiger partial charge is 0.309 e. The smallest absolute Gasteiger partial charge is 0.0252 e. The Balaban J connectivity index is 2.41. The molecule has 1 aliphatic rings. The zero-order valence-electron chi connectivity index (χ0n) is 10.7. The van der Waals surface area contributed by atoms with Crippen molar-refractivity contribution in [2.45, 2.75) is 45.2 Å². The Bertz CT molecular complexity index is 182. The van der Waals surface area contributed by atoms with Crippen LogP contribution in [-0.2, 0) is 0 Å². The molecule has 1 aliphatic heterocycles. The van der Waals surface area contributed by atoms with Gasteiger partial charge in [-0.15, -0.1) is 0 Å². The lowest BCUT2D eigenvalue weighted by Crippen LogP contribution is -2.61. The van der Waals surface area contributed by atoms with Crippen molar-refractivity contribution in [1.29, 1.82) is 0 Å². The molecule has 1 rings (SSSR count). The first-order chi connectivity index (χ1) is 7.09. The van der Waals surface area contributed by atoms with E-state index in [0.29, 0.717) is 5.54 Å². The zero-order valence-corrected chi connectivity index (χ0v) is 11.5. The van der Waals surface area contributed by atoms with Crippen LogP contribution in [0.25, 0.3) is 0 Å². The summed E-state index contributed by atoms with van der Waals surface area (Å²) >= 11 is 1.96. The maximum atomic E-state index is 3.63. The molecule has 1 fully saturated rings. The van der Waals surface area contributed by atoms with Crippen molar-refractivity contribution >= 4 is 11.8 Å². The highest BCUT2D eigenvalue weighted by molar-refractivity contribution is 7.98. The number of hydrogen-bond donors (Lipinski definition) is 1. The van der Waals surface area contributed by atoms with Crippen LogP contribution >= 0.6 is 11.8 Å². The van der Waals surface area contributed by atoms with Crippen LogP contribution in [0.4, 0.5) is 0 Å². The Morgan fingerprint density at radius 1 is 1.47 bits per heavy atom. The molecule has 3 heteroatoms. The zero-order chi connectivity index (χ0) is 11.3. The fourth-order valence-corrected chi connectivity index (χ4v) is 2.71. The second-order valence-corrected chi connectivity index (χ2v) is 6.13. The van der Waals surface area contributed by atoms with E-state index in [0.717, 1.165) is 12.6 Å².